The first-order chi connectivity index (χ1) is 9.43. The highest BCUT2D eigenvalue weighted by atomic mass is 16.5. The number of carbonyl (C=O) groups is 2. The number of carboxylic acid groups (broad SMARTS) is 1. The minimum absolute atomic E-state index is 0.0278. The van der Waals surface area contributed by atoms with Gasteiger partial charge in [0.05, 0.1) is 32.5 Å². The lowest BCUT2D eigenvalue weighted by Gasteiger charge is -2.06. The standard InChI is InChI=1S/C9H16O4.C4H10O3/c1-7(2)13-9(12)6-4-3-5-8(10)11;5-1-3-7-4-2-6/h7H,3-6H2,1-2H3,(H,10,11);5-6H,1-4H2. The van der Waals surface area contributed by atoms with E-state index >= 15 is 0 Å². The Morgan fingerprint density at radius 1 is 1.00 bits per heavy atom. The Kier molecular flexibility index (Phi) is 16.8. The van der Waals surface area contributed by atoms with Crippen LogP contribution in [0.4, 0.5) is 0 Å². The lowest BCUT2D eigenvalue weighted by atomic mass is 10.2. The van der Waals surface area contributed by atoms with E-state index in [9.17, 15) is 9.59 Å². The summed E-state index contributed by atoms with van der Waals surface area (Å²) in [5.41, 5.74) is 0. The van der Waals surface area contributed by atoms with Gasteiger partial charge in [-0.1, -0.05) is 0 Å². The molecule has 0 saturated carbocycles. The molecule has 120 valence electrons. The molecule has 0 unspecified atom stereocenters. The Morgan fingerprint density at radius 2 is 1.50 bits per heavy atom. The van der Waals surface area contributed by atoms with Crippen LogP contribution in [0.5, 0.6) is 0 Å². The van der Waals surface area contributed by atoms with Crippen molar-refractivity contribution in [2.45, 2.75) is 45.6 Å². The van der Waals surface area contributed by atoms with Crippen LogP contribution in [0.1, 0.15) is 39.5 Å². The van der Waals surface area contributed by atoms with E-state index in [0.717, 1.165) is 0 Å². The molecule has 7 heteroatoms. The van der Waals surface area contributed by atoms with E-state index in [4.69, 9.17) is 20.1 Å². The van der Waals surface area contributed by atoms with Gasteiger partial charge in [-0.25, -0.2) is 0 Å². The number of hydrogen-bond acceptors (Lipinski definition) is 6. The van der Waals surface area contributed by atoms with E-state index in [1.54, 1.807) is 13.8 Å². The number of hydrogen-bond donors (Lipinski definition) is 3. The van der Waals surface area contributed by atoms with Crippen molar-refractivity contribution in [2.75, 3.05) is 26.4 Å². The fourth-order valence-electron chi connectivity index (χ4n) is 1.10. The number of rotatable bonds is 10. The van der Waals surface area contributed by atoms with Gasteiger partial charge in [0.2, 0.25) is 0 Å². The summed E-state index contributed by atoms with van der Waals surface area (Å²) in [6, 6.07) is 0. The Balaban J connectivity index is 0. The van der Waals surface area contributed by atoms with Crippen molar-refractivity contribution in [1.29, 1.82) is 0 Å². The van der Waals surface area contributed by atoms with E-state index in [1.165, 1.54) is 0 Å². The zero-order valence-corrected chi connectivity index (χ0v) is 12.2. The highest BCUT2D eigenvalue weighted by Crippen LogP contribution is 2.02. The summed E-state index contributed by atoms with van der Waals surface area (Å²) in [7, 11) is 0. The number of aliphatic hydroxyl groups is 2. The number of ether oxygens (including phenoxy) is 2. The number of unbranched alkanes of at least 4 members (excludes halogenated alkanes) is 1. The average molecular weight is 294 g/mol. The quantitative estimate of drug-likeness (QED) is 0.399. The number of aliphatic carboxylic acids is 1. The van der Waals surface area contributed by atoms with Crippen LogP contribution in [0.3, 0.4) is 0 Å². The molecular weight excluding hydrogens is 268 g/mol. The molecule has 0 bridgehead atoms. The van der Waals surface area contributed by atoms with Crippen molar-refractivity contribution < 1.29 is 34.4 Å². The van der Waals surface area contributed by atoms with Crippen molar-refractivity contribution in [1.82, 2.24) is 0 Å². The monoisotopic (exact) mass is 294 g/mol. The minimum atomic E-state index is -0.822. The summed E-state index contributed by atoms with van der Waals surface area (Å²) in [5, 5.41) is 24.5. The Labute approximate surface area is 119 Å². The van der Waals surface area contributed by atoms with Crippen LogP contribution in [-0.4, -0.2) is 59.8 Å². The van der Waals surface area contributed by atoms with E-state index in [-0.39, 0.29) is 31.7 Å². The molecule has 0 amide bonds. The third-order valence-electron chi connectivity index (χ3n) is 1.86. The van der Waals surface area contributed by atoms with Crippen molar-refractivity contribution in [3.05, 3.63) is 0 Å². The number of carbonyl (C=O) groups excluding carboxylic acids is 1. The number of carboxylic acids is 1. The third-order valence-corrected chi connectivity index (χ3v) is 1.86. The van der Waals surface area contributed by atoms with Gasteiger partial charge in [-0.05, 0) is 26.7 Å². The van der Waals surface area contributed by atoms with Crippen LogP contribution in [0.2, 0.25) is 0 Å². The SMILES string of the molecule is CC(C)OC(=O)CCCCC(=O)O.OCCOCCO. The van der Waals surface area contributed by atoms with Gasteiger partial charge in [0, 0.05) is 12.8 Å². The van der Waals surface area contributed by atoms with Crippen LogP contribution < -0.4 is 0 Å². The van der Waals surface area contributed by atoms with E-state index in [1.807, 2.05) is 0 Å². The first-order valence-corrected chi connectivity index (χ1v) is 6.64. The van der Waals surface area contributed by atoms with Gasteiger partial charge >= 0.3 is 11.9 Å². The maximum atomic E-state index is 10.9. The van der Waals surface area contributed by atoms with E-state index < -0.39 is 5.97 Å². The molecule has 0 saturated heterocycles. The van der Waals surface area contributed by atoms with Gasteiger partial charge in [-0.15, -0.1) is 0 Å². The lowest BCUT2D eigenvalue weighted by Crippen LogP contribution is -2.11. The fourth-order valence-corrected chi connectivity index (χ4v) is 1.10. The fraction of sp³-hybridized carbons (Fsp3) is 0.846. The molecule has 0 aromatic carbocycles. The molecule has 0 spiro atoms. The average Bonchev–Trinajstić information content (AvgIpc) is 2.35. The predicted octanol–water partition coefficient (Wildman–Crippen LogP) is 0.571. The highest BCUT2D eigenvalue weighted by Gasteiger charge is 2.05. The molecule has 3 N–H and O–H groups in total. The van der Waals surface area contributed by atoms with Gasteiger partial charge in [0.25, 0.3) is 0 Å². The molecule has 0 aromatic rings. The van der Waals surface area contributed by atoms with Crippen molar-refractivity contribution in [3.8, 4) is 0 Å². The molecule has 0 heterocycles. The predicted molar refractivity (Wildman–Crippen MR) is 72.3 cm³/mol. The molecule has 20 heavy (non-hydrogen) atoms. The molecule has 0 aliphatic heterocycles. The molecule has 0 atom stereocenters. The molecule has 0 aromatic heterocycles. The first-order valence-electron chi connectivity index (χ1n) is 6.64. The van der Waals surface area contributed by atoms with E-state index in [2.05, 4.69) is 4.74 Å². The molecule has 0 aliphatic carbocycles. The second kappa shape index (κ2) is 15.9. The smallest absolute Gasteiger partial charge is 0.306 e. The Hall–Kier alpha value is -1.18. The van der Waals surface area contributed by atoms with Gasteiger partial charge in [-0.2, -0.15) is 0 Å². The highest BCUT2D eigenvalue weighted by molar-refractivity contribution is 5.69. The van der Waals surface area contributed by atoms with Gasteiger partial charge in [-0.3, -0.25) is 9.59 Å². The van der Waals surface area contributed by atoms with E-state index in [0.29, 0.717) is 32.5 Å². The Morgan fingerprint density at radius 3 is 1.90 bits per heavy atom. The van der Waals surface area contributed by atoms with Crippen molar-refractivity contribution in [3.63, 3.8) is 0 Å². The zero-order valence-electron chi connectivity index (χ0n) is 12.2. The summed E-state index contributed by atoms with van der Waals surface area (Å²) < 4.78 is 9.50. The second-order valence-corrected chi connectivity index (χ2v) is 4.20. The summed E-state index contributed by atoms with van der Waals surface area (Å²) >= 11 is 0. The maximum Gasteiger partial charge on any atom is 0.306 e. The topological polar surface area (TPSA) is 113 Å². The molecule has 7 nitrogen and oxygen atoms in total. The summed E-state index contributed by atoms with van der Waals surface area (Å²) in [4.78, 5) is 21.0. The van der Waals surface area contributed by atoms with Gasteiger partial charge < -0.3 is 24.8 Å². The zero-order chi connectivity index (χ0) is 15.8. The van der Waals surface area contributed by atoms with Crippen LogP contribution >= 0.6 is 0 Å². The molecule has 0 aliphatic rings. The van der Waals surface area contributed by atoms with Crippen molar-refractivity contribution in [2.24, 2.45) is 0 Å². The minimum Gasteiger partial charge on any atom is -0.481 e. The van der Waals surface area contributed by atoms with Gasteiger partial charge in [0.1, 0.15) is 0 Å². The van der Waals surface area contributed by atoms with Crippen LogP contribution in [0.15, 0.2) is 0 Å². The molecule has 0 radical (unpaired) electrons. The summed E-state index contributed by atoms with van der Waals surface area (Å²) in [6.45, 7) is 4.27. The molecular formula is C13H26O7. The van der Waals surface area contributed by atoms with Crippen LogP contribution in [0, 0.1) is 0 Å². The van der Waals surface area contributed by atoms with Crippen LogP contribution in [-0.2, 0) is 19.1 Å². The number of aliphatic hydroxyl groups excluding tert-OH is 2. The first kappa shape index (κ1) is 21.1. The summed E-state index contributed by atoms with van der Waals surface area (Å²) in [5.74, 6) is -1.07. The second-order valence-electron chi connectivity index (χ2n) is 4.20. The normalized spacial score (nSPS) is 9.85. The van der Waals surface area contributed by atoms with Crippen molar-refractivity contribution >= 4 is 11.9 Å². The molecule has 0 rings (SSSR count). The lowest BCUT2D eigenvalue weighted by molar-refractivity contribution is -0.147. The Bertz CT molecular complexity index is 237. The molecule has 0 fully saturated rings. The van der Waals surface area contributed by atoms with Gasteiger partial charge in [0.15, 0.2) is 0 Å². The summed E-state index contributed by atoms with van der Waals surface area (Å²) in [6.07, 6.45) is 1.45. The number of esters is 1. The van der Waals surface area contributed by atoms with Crippen LogP contribution in [0.25, 0.3) is 0 Å². The largest absolute Gasteiger partial charge is 0.481 e. The maximum absolute atomic E-state index is 10.9. The third kappa shape index (κ3) is 22.0.